The van der Waals surface area contributed by atoms with Crippen molar-refractivity contribution < 1.29 is 13.2 Å². The second kappa shape index (κ2) is 9.63. The first-order chi connectivity index (χ1) is 16.6. The third-order valence-corrected chi connectivity index (χ3v) is 7.50. The van der Waals surface area contributed by atoms with E-state index >= 15 is 0 Å². The molecule has 1 amide bonds. The first-order valence-electron chi connectivity index (χ1n) is 11.0. The number of hydrogen-bond acceptors (Lipinski definition) is 6. The average Bonchev–Trinajstić information content (AvgIpc) is 3.13. The Labute approximate surface area is 204 Å². The van der Waals surface area contributed by atoms with Gasteiger partial charge in [-0.2, -0.15) is 5.10 Å². The highest BCUT2D eigenvalue weighted by Gasteiger charge is 2.30. The number of sulfone groups is 1. The first-order valence-corrected chi connectivity index (χ1v) is 12.5. The van der Waals surface area contributed by atoms with Crippen LogP contribution in [0.5, 0.6) is 0 Å². The Balaban J connectivity index is 1.70. The minimum atomic E-state index is -4.02. The number of aryl methyl sites for hydroxylation is 3. The fourth-order valence-electron chi connectivity index (χ4n) is 3.57. The van der Waals surface area contributed by atoms with E-state index in [1.807, 2.05) is 63.2 Å². The molecule has 4 N–H and O–H groups in total. The van der Waals surface area contributed by atoms with E-state index in [9.17, 15) is 13.2 Å². The number of anilines is 4. The molecule has 0 radical (unpaired) electrons. The van der Waals surface area contributed by atoms with Crippen LogP contribution in [0.2, 0.25) is 0 Å². The van der Waals surface area contributed by atoms with Gasteiger partial charge in [-0.25, -0.2) is 13.1 Å². The van der Waals surface area contributed by atoms with Gasteiger partial charge in [0.1, 0.15) is 12.4 Å². The van der Waals surface area contributed by atoms with Crippen LogP contribution in [0, 0.1) is 20.8 Å². The SMILES string of the molecule is Cc1ccc(Nc2nn(CC(=O)Nc3ccc(C)c(C)c3)c(N)c2S(=O)(=O)c2ccccc2)cc1. The van der Waals surface area contributed by atoms with Gasteiger partial charge in [0.25, 0.3) is 0 Å². The van der Waals surface area contributed by atoms with E-state index in [1.54, 1.807) is 18.2 Å². The molecule has 0 aliphatic carbocycles. The molecule has 4 aromatic rings. The Hall–Kier alpha value is -4.11. The number of rotatable bonds is 7. The van der Waals surface area contributed by atoms with Gasteiger partial charge in [0, 0.05) is 11.4 Å². The van der Waals surface area contributed by atoms with E-state index in [0.29, 0.717) is 11.4 Å². The van der Waals surface area contributed by atoms with Gasteiger partial charge in [-0.1, -0.05) is 42.0 Å². The maximum absolute atomic E-state index is 13.5. The lowest BCUT2D eigenvalue weighted by molar-refractivity contribution is -0.116. The molecule has 180 valence electrons. The van der Waals surface area contributed by atoms with Gasteiger partial charge in [0.05, 0.1) is 4.90 Å². The zero-order chi connectivity index (χ0) is 25.2. The molecule has 35 heavy (non-hydrogen) atoms. The van der Waals surface area contributed by atoms with Crippen LogP contribution in [0.4, 0.5) is 23.0 Å². The molecule has 0 saturated carbocycles. The van der Waals surface area contributed by atoms with Crippen LogP contribution in [0.3, 0.4) is 0 Å². The Bertz CT molecular complexity index is 1480. The molecular weight excluding hydrogens is 462 g/mol. The summed E-state index contributed by atoms with van der Waals surface area (Å²) in [7, 11) is -4.02. The lowest BCUT2D eigenvalue weighted by atomic mass is 10.1. The third-order valence-electron chi connectivity index (χ3n) is 5.67. The number of nitrogen functional groups attached to an aromatic ring is 1. The summed E-state index contributed by atoms with van der Waals surface area (Å²) < 4.78 is 28.2. The summed E-state index contributed by atoms with van der Waals surface area (Å²) in [6.07, 6.45) is 0. The number of carbonyl (C=O) groups is 1. The summed E-state index contributed by atoms with van der Waals surface area (Å²) in [6.45, 7) is 5.64. The topological polar surface area (TPSA) is 119 Å². The van der Waals surface area contributed by atoms with Crippen molar-refractivity contribution in [2.75, 3.05) is 16.4 Å². The van der Waals surface area contributed by atoms with Gasteiger partial charge in [0.2, 0.25) is 15.7 Å². The van der Waals surface area contributed by atoms with Crippen molar-refractivity contribution in [3.63, 3.8) is 0 Å². The fraction of sp³-hybridized carbons (Fsp3) is 0.154. The Morgan fingerprint density at radius 3 is 2.23 bits per heavy atom. The molecule has 3 aromatic carbocycles. The molecule has 1 heterocycles. The summed E-state index contributed by atoms with van der Waals surface area (Å²) in [6, 6.07) is 21.0. The Morgan fingerprint density at radius 2 is 1.57 bits per heavy atom. The fourth-order valence-corrected chi connectivity index (χ4v) is 5.05. The second-order valence-corrected chi connectivity index (χ2v) is 10.3. The van der Waals surface area contributed by atoms with E-state index < -0.39 is 9.84 Å². The zero-order valence-electron chi connectivity index (χ0n) is 19.7. The smallest absolute Gasteiger partial charge is 0.246 e. The maximum atomic E-state index is 13.5. The Kier molecular flexibility index (Phi) is 6.61. The van der Waals surface area contributed by atoms with Gasteiger partial charge < -0.3 is 16.4 Å². The van der Waals surface area contributed by atoms with Crippen molar-refractivity contribution in [3.8, 4) is 0 Å². The molecule has 0 fully saturated rings. The van der Waals surface area contributed by atoms with Crippen molar-refractivity contribution in [2.45, 2.75) is 37.1 Å². The number of hydrogen-bond donors (Lipinski definition) is 3. The lowest BCUT2D eigenvalue weighted by Crippen LogP contribution is -2.21. The molecular formula is C26H27N5O3S. The molecule has 0 spiro atoms. The molecule has 0 aliphatic rings. The average molecular weight is 490 g/mol. The van der Waals surface area contributed by atoms with E-state index in [4.69, 9.17) is 5.73 Å². The summed E-state index contributed by atoms with van der Waals surface area (Å²) >= 11 is 0. The standard InChI is InChI=1S/C26H27N5O3S/c1-17-9-12-20(13-10-17)29-26-24(35(33,34)22-7-5-4-6-8-22)25(27)31(30-26)16-23(32)28-21-14-11-18(2)19(3)15-21/h4-15H,16,27H2,1-3H3,(H,28,32)(H,29,30). The van der Waals surface area contributed by atoms with Crippen LogP contribution < -0.4 is 16.4 Å². The van der Waals surface area contributed by atoms with Crippen LogP contribution in [-0.2, 0) is 21.2 Å². The predicted molar refractivity (Wildman–Crippen MR) is 138 cm³/mol. The number of nitrogens with one attached hydrogen (secondary N) is 2. The van der Waals surface area contributed by atoms with Crippen LogP contribution in [0.1, 0.15) is 16.7 Å². The molecule has 0 unspecified atom stereocenters. The number of nitrogens with two attached hydrogens (primary N) is 1. The minimum absolute atomic E-state index is 0.0502. The molecule has 0 bridgehead atoms. The van der Waals surface area contributed by atoms with E-state index in [0.717, 1.165) is 16.7 Å². The summed E-state index contributed by atoms with van der Waals surface area (Å²) in [5.74, 6) is -0.458. The highest BCUT2D eigenvalue weighted by atomic mass is 32.2. The quantitative estimate of drug-likeness (QED) is 0.349. The Morgan fingerprint density at radius 1 is 0.914 bits per heavy atom. The second-order valence-electron chi connectivity index (χ2n) is 8.38. The molecule has 0 saturated heterocycles. The monoisotopic (exact) mass is 489 g/mol. The van der Waals surface area contributed by atoms with Crippen molar-refractivity contribution >= 4 is 38.8 Å². The molecule has 9 heteroatoms. The highest BCUT2D eigenvalue weighted by molar-refractivity contribution is 7.91. The van der Waals surface area contributed by atoms with Gasteiger partial charge in [-0.3, -0.25) is 4.79 Å². The third kappa shape index (κ3) is 5.20. The summed E-state index contributed by atoms with van der Waals surface area (Å²) in [5.41, 5.74) is 10.8. The van der Waals surface area contributed by atoms with Crippen LogP contribution in [0.15, 0.2) is 82.6 Å². The van der Waals surface area contributed by atoms with Gasteiger partial charge in [-0.05, 0) is 68.3 Å². The lowest BCUT2D eigenvalue weighted by Gasteiger charge is -2.09. The number of amides is 1. The molecule has 4 rings (SSSR count). The van der Waals surface area contributed by atoms with Gasteiger partial charge in [0.15, 0.2) is 10.7 Å². The summed E-state index contributed by atoms with van der Waals surface area (Å²) in [4.78, 5) is 12.7. The number of carbonyl (C=O) groups excluding carboxylic acids is 1. The van der Waals surface area contributed by atoms with E-state index in [2.05, 4.69) is 15.7 Å². The van der Waals surface area contributed by atoms with Crippen molar-refractivity contribution in [1.82, 2.24) is 9.78 Å². The maximum Gasteiger partial charge on any atom is 0.246 e. The van der Waals surface area contributed by atoms with Crippen molar-refractivity contribution in [3.05, 3.63) is 89.5 Å². The van der Waals surface area contributed by atoms with Crippen LogP contribution in [-0.4, -0.2) is 24.1 Å². The number of aromatic nitrogens is 2. The number of benzene rings is 3. The van der Waals surface area contributed by atoms with Crippen LogP contribution >= 0.6 is 0 Å². The summed E-state index contributed by atoms with van der Waals surface area (Å²) in [5, 5.41) is 10.2. The van der Waals surface area contributed by atoms with Crippen molar-refractivity contribution in [2.24, 2.45) is 0 Å². The molecule has 8 nitrogen and oxygen atoms in total. The van der Waals surface area contributed by atoms with E-state index in [1.165, 1.54) is 16.8 Å². The van der Waals surface area contributed by atoms with Crippen molar-refractivity contribution in [1.29, 1.82) is 0 Å². The normalized spacial score (nSPS) is 11.3. The largest absolute Gasteiger partial charge is 0.383 e. The zero-order valence-corrected chi connectivity index (χ0v) is 20.6. The van der Waals surface area contributed by atoms with E-state index in [-0.39, 0.29) is 33.9 Å². The minimum Gasteiger partial charge on any atom is -0.383 e. The highest BCUT2D eigenvalue weighted by Crippen LogP contribution is 2.34. The van der Waals surface area contributed by atoms with Gasteiger partial charge >= 0.3 is 0 Å². The molecule has 0 atom stereocenters. The van der Waals surface area contributed by atoms with Crippen LogP contribution in [0.25, 0.3) is 0 Å². The molecule has 0 aliphatic heterocycles. The first kappa shape index (κ1) is 24.0. The number of nitrogens with zero attached hydrogens (tertiary/aromatic N) is 2. The molecule has 1 aromatic heterocycles. The predicted octanol–water partition coefficient (Wildman–Crippen LogP) is 4.61. The van der Waals surface area contributed by atoms with Gasteiger partial charge in [-0.15, -0.1) is 0 Å².